The first-order chi connectivity index (χ1) is 12.5. The average Bonchev–Trinajstić information content (AvgIpc) is 2.65. The predicted octanol–water partition coefficient (Wildman–Crippen LogP) is 3.41. The third-order valence-electron chi connectivity index (χ3n) is 5.34. The lowest BCUT2D eigenvalue weighted by Gasteiger charge is -2.39. The Bertz CT molecular complexity index is 706. The predicted molar refractivity (Wildman–Crippen MR) is 103 cm³/mol. The number of aliphatic hydroxyl groups excluding tert-OH is 1. The molecule has 2 aromatic carbocycles. The van der Waals surface area contributed by atoms with Crippen LogP contribution in [0.1, 0.15) is 42.6 Å². The summed E-state index contributed by atoms with van der Waals surface area (Å²) in [5, 5.41) is 21.6. The van der Waals surface area contributed by atoms with Crippen molar-refractivity contribution in [2.24, 2.45) is 0 Å². The summed E-state index contributed by atoms with van der Waals surface area (Å²) < 4.78 is 5.45. The topological polar surface area (TPSA) is 52.9 Å². The summed E-state index contributed by atoms with van der Waals surface area (Å²) in [6.07, 6.45) is 0.845. The Balaban J connectivity index is 1.57. The fraction of sp³-hybridized carbons (Fsp3) is 0.455. The van der Waals surface area contributed by atoms with Crippen LogP contribution in [0.3, 0.4) is 0 Å². The molecular formula is C22H29NO3. The lowest BCUT2D eigenvalue weighted by atomic mass is 9.82. The van der Waals surface area contributed by atoms with E-state index in [2.05, 4.69) is 17.9 Å². The van der Waals surface area contributed by atoms with E-state index in [9.17, 15) is 10.2 Å². The quantitative estimate of drug-likeness (QED) is 0.834. The Morgan fingerprint density at radius 3 is 2.35 bits per heavy atom. The maximum Gasteiger partial charge on any atom is 0.119 e. The fourth-order valence-electron chi connectivity index (χ4n) is 3.77. The van der Waals surface area contributed by atoms with E-state index in [4.69, 9.17) is 4.74 Å². The zero-order valence-electron chi connectivity index (χ0n) is 15.7. The number of likely N-dealkylation sites (tertiary alicyclic amines) is 1. The van der Waals surface area contributed by atoms with Gasteiger partial charge in [-0.1, -0.05) is 36.4 Å². The zero-order chi connectivity index (χ0) is 18.6. The summed E-state index contributed by atoms with van der Waals surface area (Å²) >= 11 is 0. The Morgan fingerprint density at radius 1 is 1.08 bits per heavy atom. The molecule has 0 bridgehead atoms. The zero-order valence-corrected chi connectivity index (χ0v) is 15.7. The first kappa shape index (κ1) is 18.9. The molecule has 26 heavy (non-hydrogen) atoms. The van der Waals surface area contributed by atoms with Gasteiger partial charge in [-0.05, 0) is 55.5 Å². The summed E-state index contributed by atoms with van der Waals surface area (Å²) in [4.78, 5) is 2.23. The minimum absolute atomic E-state index is 0.532. The SMILES string of the molecule is CCOc1ccc([C@@H](O)CN2CCC(O)(c3ccccc3C)CC2)cc1. The van der Waals surface area contributed by atoms with Gasteiger partial charge in [0.15, 0.2) is 0 Å². The summed E-state index contributed by atoms with van der Waals surface area (Å²) in [6, 6.07) is 15.7. The van der Waals surface area contributed by atoms with Crippen LogP contribution in [0.4, 0.5) is 0 Å². The smallest absolute Gasteiger partial charge is 0.119 e. The van der Waals surface area contributed by atoms with E-state index in [1.807, 2.05) is 49.4 Å². The summed E-state index contributed by atoms with van der Waals surface area (Å²) in [5.74, 6) is 0.824. The average molecular weight is 355 g/mol. The van der Waals surface area contributed by atoms with Crippen LogP contribution < -0.4 is 4.74 Å². The number of aliphatic hydroxyl groups is 2. The molecule has 0 saturated carbocycles. The first-order valence-electron chi connectivity index (χ1n) is 9.43. The van der Waals surface area contributed by atoms with E-state index < -0.39 is 11.7 Å². The number of aryl methyl sites for hydroxylation is 1. The van der Waals surface area contributed by atoms with Crippen LogP contribution in [-0.4, -0.2) is 41.4 Å². The van der Waals surface area contributed by atoms with Crippen molar-refractivity contribution in [1.29, 1.82) is 0 Å². The van der Waals surface area contributed by atoms with Gasteiger partial charge in [0.05, 0.1) is 18.3 Å². The Hall–Kier alpha value is -1.88. The van der Waals surface area contributed by atoms with Gasteiger partial charge in [0.2, 0.25) is 0 Å². The second-order valence-corrected chi connectivity index (χ2v) is 7.16. The normalized spacial score (nSPS) is 18.5. The van der Waals surface area contributed by atoms with Crippen molar-refractivity contribution >= 4 is 0 Å². The van der Waals surface area contributed by atoms with Crippen molar-refractivity contribution < 1.29 is 14.9 Å². The standard InChI is InChI=1S/C22H29NO3/c1-3-26-19-10-8-18(9-11-19)21(24)16-23-14-12-22(25,13-15-23)20-7-5-4-6-17(20)2/h4-11,21,24-25H,3,12-16H2,1-2H3/t21-/m0/s1. The van der Waals surface area contributed by atoms with Gasteiger partial charge >= 0.3 is 0 Å². The maximum absolute atomic E-state index is 11.1. The number of rotatable bonds is 6. The van der Waals surface area contributed by atoms with Gasteiger partial charge in [0.25, 0.3) is 0 Å². The third kappa shape index (κ3) is 4.26. The number of hydrogen-bond acceptors (Lipinski definition) is 4. The molecule has 1 fully saturated rings. The molecule has 0 aromatic heterocycles. The molecule has 1 aliphatic heterocycles. The van der Waals surface area contributed by atoms with Crippen LogP contribution >= 0.6 is 0 Å². The maximum atomic E-state index is 11.1. The van der Waals surface area contributed by atoms with Crippen molar-refractivity contribution in [3.63, 3.8) is 0 Å². The molecule has 0 radical (unpaired) electrons. The van der Waals surface area contributed by atoms with Gasteiger partial charge in [0.1, 0.15) is 5.75 Å². The number of ether oxygens (including phenoxy) is 1. The van der Waals surface area contributed by atoms with E-state index in [1.54, 1.807) is 0 Å². The number of β-amino-alcohol motifs (C(OH)–C–C–N with tert-alkyl or cyclic N) is 1. The molecule has 4 nitrogen and oxygen atoms in total. The number of hydrogen-bond donors (Lipinski definition) is 2. The number of nitrogens with zero attached hydrogens (tertiary/aromatic N) is 1. The van der Waals surface area contributed by atoms with E-state index in [-0.39, 0.29) is 0 Å². The van der Waals surface area contributed by atoms with Crippen molar-refractivity contribution in [2.45, 2.75) is 38.4 Å². The second-order valence-electron chi connectivity index (χ2n) is 7.16. The van der Waals surface area contributed by atoms with Crippen LogP contribution in [0.2, 0.25) is 0 Å². The summed E-state index contributed by atoms with van der Waals surface area (Å²) in [6.45, 7) is 6.78. The molecule has 1 aliphatic rings. The largest absolute Gasteiger partial charge is 0.494 e. The highest BCUT2D eigenvalue weighted by Crippen LogP contribution is 2.35. The minimum Gasteiger partial charge on any atom is -0.494 e. The van der Waals surface area contributed by atoms with E-state index in [0.29, 0.717) is 26.0 Å². The highest BCUT2D eigenvalue weighted by Gasteiger charge is 2.35. The van der Waals surface area contributed by atoms with Crippen molar-refractivity contribution in [3.05, 3.63) is 65.2 Å². The molecule has 1 atom stereocenters. The van der Waals surface area contributed by atoms with E-state index >= 15 is 0 Å². The first-order valence-corrected chi connectivity index (χ1v) is 9.43. The second kappa shape index (κ2) is 8.21. The molecule has 4 heteroatoms. The van der Waals surface area contributed by atoms with E-state index in [0.717, 1.165) is 35.5 Å². The molecule has 0 amide bonds. The molecule has 140 valence electrons. The van der Waals surface area contributed by atoms with Gasteiger partial charge in [-0.2, -0.15) is 0 Å². The summed E-state index contributed by atoms with van der Waals surface area (Å²) in [7, 11) is 0. The Labute approximate surface area is 156 Å². The third-order valence-corrected chi connectivity index (χ3v) is 5.34. The minimum atomic E-state index is -0.758. The van der Waals surface area contributed by atoms with Gasteiger partial charge < -0.3 is 19.8 Å². The molecule has 2 N–H and O–H groups in total. The van der Waals surface area contributed by atoms with Crippen LogP contribution in [-0.2, 0) is 5.60 Å². The number of benzene rings is 2. The van der Waals surface area contributed by atoms with Gasteiger partial charge in [0, 0.05) is 19.6 Å². The van der Waals surface area contributed by atoms with Gasteiger partial charge in [-0.3, -0.25) is 0 Å². The molecular weight excluding hydrogens is 326 g/mol. The van der Waals surface area contributed by atoms with E-state index in [1.165, 1.54) is 0 Å². The summed E-state index contributed by atoms with van der Waals surface area (Å²) in [5.41, 5.74) is 2.31. The van der Waals surface area contributed by atoms with Crippen molar-refractivity contribution in [2.75, 3.05) is 26.2 Å². The molecule has 2 aromatic rings. The molecule has 1 saturated heterocycles. The van der Waals surface area contributed by atoms with Crippen LogP contribution in [0, 0.1) is 6.92 Å². The van der Waals surface area contributed by atoms with Gasteiger partial charge in [-0.25, -0.2) is 0 Å². The molecule has 3 rings (SSSR count). The van der Waals surface area contributed by atoms with Crippen LogP contribution in [0.15, 0.2) is 48.5 Å². The van der Waals surface area contributed by atoms with Crippen LogP contribution in [0.25, 0.3) is 0 Å². The lowest BCUT2D eigenvalue weighted by molar-refractivity contribution is -0.0348. The Morgan fingerprint density at radius 2 is 1.73 bits per heavy atom. The molecule has 0 aliphatic carbocycles. The van der Waals surface area contributed by atoms with Crippen LogP contribution in [0.5, 0.6) is 5.75 Å². The van der Waals surface area contributed by atoms with Crippen molar-refractivity contribution in [3.8, 4) is 5.75 Å². The fourth-order valence-corrected chi connectivity index (χ4v) is 3.77. The Kier molecular flexibility index (Phi) is 5.97. The lowest BCUT2D eigenvalue weighted by Crippen LogP contribution is -2.44. The molecule has 0 spiro atoms. The highest BCUT2D eigenvalue weighted by atomic mass is 16.5. The molecule has 1 heterocycles. The van der Waals surface area contributed by atoms with Crippen molar-refractivity contribution in [1.82, 2.24) is 4.90 Å². The van der Waals surface area contributed by atoms with Gasteiger partial charge in [-0.15, -0.1) is 0 Å². The monoisotopic (exact) mass is 355 g/mol. The number of piperidine rings is 1. The highest BCUT2D eigenvalue weighted by molar-refractivity contribution is 5.32. The molecule has 0 unspecified atom stereocenters.